The van der Waals surface area contributed by atoms with Crippen LogP contribution in [0.4, 0.5) is 4.39 Å². The van der Waals surface area contributed by atoms with Crippen molar-refractivity contribution in [3.8, 4) is 11.4 Å². The van der Waals surface area contributed by atoms with Crippen LogP contribution >= 0.6 is 0 Å². The van der Waals surface area contributed by atoms with E-state index in [1.807, 2.05) is 24.3 Å². The highest BCUT2D eigenvalue weighted by atomic mass is 19.1. The predicted octanol–water partition coefficient (Wildman–Crippen LogP) is 1.97. The third-order valence-corrected chi connectivity index (χ3v) is 5.71. The molecule has 0 unspecified atom stereocenters. The lowest BCUT2D eigenvalue weighted by Gasteiger charge is -2.35. The van der Waals surface area contributed by atoms with Crippen LogP contribution in [0.2, 0.25) is 0 Å². The Hall–Kier alpha value is -2.38. The molecule has 0 aliphatic carbocycles. The maximum atomic E-state index is 13.1. The third-order valence-electron chi connectivity index (χ3n) is 5.71. The van der Waals surface area contributed by atoms with E-state index in [1.54, 1.807) is 0 Å². The first-order valence-corrected chi connectivity index (χ1v) is 9.13. The number of hydrogen-bond donors (Lipinski definition) is 1. The fourth-order valence-corrected chi connectivity index (χ4v) is 4.58. The molecule has 0 saturated carbocycles. The number of nitrogens with zero attached hydrogens (tertiary/aromatic N) is 3. The number of aromatic nitrogens is 2. The Kier molecular flexibility index (Phi) is 4.65. The molecular formula is C20H22FN3O3. The number of aliphatic hydroxyl groups is 1. The first kappa shape index (κ1) is 18.0. The maximum absolute atomic E-state index is 13.1. The molecule has 2 aliphatic rings. The van der Waals surface area contributed by atoms with E-state index in [0.29, 0.717) is 18.7 Å². The van der Waals surface area contributed by atoms with E-state index in [4.69, 9.17) is 4.74 Å². The summed E-state index contributed by atoms with van der Waals surface area (Å²) in [5.41, 5.74) is 0.812. The second kappa shape index (κ2) is 6.98. The second-order valence-electron chi connectivity index (χ2n) is 7.30. The van der Waals surface area contributed by atoms with Gasteiger partial charge in [-0.15, -0.1) is 0 Å². The van der Waals surface area contributed by atoms with Crippen LogP contribution in [0, 0.1) is 5.82 Å². The van der Waals surface area contributed by atoms with Gasteiger partial charge in [-0.05, 0) is 31.0 Å². The van der Waals surface area contributed by atoms with Gasteiger partial charge in [0.2, 0.25) is 0 Å². The van der Waals surface area contributed by atoms with Crippen molar-refractivity contribution in [1.82, 2.24) is 14.9 Å². The van der Waals surface area contributed by atoms with Gasteiger partial charge in [0.05, 0.1) is 25.6 Å². The van der Waals surface area contributed by atoms with Crippen LogP contribution in [0.5, 0.6) is 0 Å². The lowest BCUT2D eigenvalue weighted by atomic mass is 9.86. The summed E-state index contributed by atoms with van der Waals surface area (Å²) in [6, 6.07) is 7.58. The molecule has 0 radical (unpaired) electrons. The number of aliphatic hydroxyl groups excluding tert-OH is 1. The first-order chi connectivity index (χ1) is 13.0. The van der Waals surface area contributed by atoms with Crippen molar-refractivity contribution in [2.75, 3.05) is 13.7 Å². The molecule has 0 amide bonds. The lowest BCUT2D eigenvalue weighted by molar-refractivity contribution is -0.153. The van der Waals surface area contributed by atoms with Crippen molar-refractivity contribution in [3.05, 3.63) is 48.0 Å². The zero-order valence-electron chi connectivity index (χ0n) is 15.1. The predicted molar refractivity (Wildman–Crippen MR) is 96.2 cm³/mol. The van der Waals surface area contributed by atoms with Crippen LogP contribution in [0.1, 0.15) is 24.8 Å². The minimum atomic E-state index is -0.863. The van der Waals surface area contributed by atoms with Gasteiger partial charge in [0.1, 0.15) is 5.54 Å². The number of esters is 1. The van der Waals surface area contributed by atoms with Gasteiger partial charge >= 0.3 is 5.97 Å². The van der Waals surface area contributed by atoms with E-state index in [-0.39, 0.29) is 12.0 Å². The van der Waals surface area contributed by atoms with Gasteiger partial charge in [0, 0.05) is 24.4 Å². The van der Waals surface area contributed by atoms with Crippen molar-refractivity contribution in [2.24, 2.45) is 0 Å². The Bertz CT molecular complexity index is 845. The van der Waals surface area contributed by atoms with Gasteiger partial charge < -0.3 is 9.84 Å². The summed E-state index contributed by atoms with van der Waals surface area (Å²) in [7, 11) is 1.39. The average Bonchev–Trinajstić information content (AvgIpc) is 3.26. The number of benzene rings is 1. The summed E-state index contributed by atoms with van der Waals surface area (Å²) < 4.78 is 18.2. The normalized spacial score (nSPS) is 27.5. The first-order valence-electron chi connectivity index (χ1n) is 9.13. The third kappa shape index (κ3) is 3.11. The van der Waals surface area contributed by atoms with Crippen LogP contribution in [0.3, 0.4) is 0 Å². The molecule has 142 valence electrons. The van der Waals surface area contributed by atoms with Crippen LogP contribution in [-0.4, -0.2) is 57.3 Å². The van der Waals surface area contributed by atoms with E-state index in [2.05, 4.69) is 14.9 Å². The maximum Gasteiger partial charge on any atom is 0.326 e. The molecule has 0 spiro atoms. The summed E-state index contributed by atoms with van der Waals surface area (Å²) in [6.45, 7) is 0.775. The van der Waals surface area contributed by atoms with E-state index < -0.39 is 17.5 Å². The molecule has 3 heterocycles. The van der Waals surface area contributed by atoms with E-state index in [9.17, 15) is 14.3 Å². The summed E-state index contributed by atoms with van der Waals surface area (Å²) in [6.07, 6.45) is 4.38. The van der Waals surface area contributed by atoms with Gasteiger partial charge in [-0.3, -0.25) is 9.69 Å². The smallest absolute Gasteiger partial charge is 0.326 e. The zero-order chi connectivity index (χ0) is 19.0. The molecule has 2 aliphatic heterocycles. The number of halogens is 1. The molecule has 0 bridgehead atoms. The molecule has 2 aromatic rings. The SMILES string of the molecule is COC(=O)[C@]1(Cc2cccc(-c3ncc(F)cn3)c2)C[C@H](O)[C@@H]2CCCN21. The van der Waals surface area contributed by atoms with Gasteiger partial charge in [-0.2, -0.15) is 0 Å². The Morgan fingerprint density at radius 2 is 2.19 bits per heavy atom. The Morgan fingerprint density at radius 3 is 2.93 bits per heavy atom. The molecule has 3 atom stereocenters. The number of carbonyl (C=O) groups excluding carboxylic acids is 1. The number of rotatable bonds is 4. The summed E-state index contributed by atoms with van der Waals surface area (Å²) in [5, 5.41) is 10.5. The van der Waals surface area contributed by atoms with Crippen LogP contribution in [-0.2, 0) is 16.0 Å². The highest BCUT2D eigenvalue weighted by Gasteiger charge is 2.57. The molecule has 1 aromatic heterocycles. The van der Waals surface area contributed by atoms with Crippen molar-refractivity contribution >= 4 is 5.97 Å². The standard InChI is InChI=1S/C20H22FN3O3/c1-27-19(26)20(10-17(25)16-6-3-7-24(16)20)9-13-4-2-5-14(8-13)18-22-11-15(21)12-23-18/h2,4-5,8,11-12,16-17,25H,3,6-7,9-10H2,1H3/t16-,17-,20-/m0/s1. The Balaban J connectivity index is 1.67. The zero-order valence-corrected chi connectivity index (χ0v) is 15.1. The van der Waals surface area contributed by atoms with E-state index in [1.165, 1.54) is 7.11 Å². The van der Waals surface area contributed by atoms with Crippen LogP contribution in [0.15, 0.2) is 36.7 Å². The van der Waals surface area contributed by atoms with E-state index in [0.717, 1.165) is 42.9 Å². The number of hydrogen-bond acceptors (Lipinski definition) is 6. The molecule has 2 saturated heterocycles. The largest absolute Gasteiger partial charge is 0.468 e. The fourth-order valence-electron chi connectivity index (χ4n) is 4.58. The van der Waals surface area contributed by atoms with Gasteiger partial charge in [0.15, 0.2) is 11.6 Å². The van der Waals surface area contributed by atoms with Crippen LogP contribution < -0.4 is 0 Å². The minimum Gasteiger partial charge on any atom is -0.468 e. The van der Waals surface area contributed by atoms with Crippen molar-refractivity contribution in [3.63, 3.8) is 0 Å². The summed E-state index contributed by atoms with van der Waals surface area (Å²) in [4.78, 5) is 22.9. The molecule has 6 nitrogen and oxygen atoms in total. The number of methoxy groups -OCH3 is 1. The molecule has 1 N–H and O–H groups in total. The van der Waals surface area contributed by atoms with Crippen molar-refractivity contribution < 1.29 is 19.0 Å². The Morgan fingerprint density at radius 1 is 1.41 bits per heavy atom. The molecule has 2 fully saturated rings. The monoisotopic (exact) mass is 371 g/mol. The van der Waals surface area contributed by atoms with E-state index >= 15 is 0 Å². The molecule has 4 rings (SSSR count). The Labute approximate surface area is 157 Å². The highest BCUT2D eigenvalue weighted by Crippen LogP contribution is 2.43. The number of fused-ring (bicyclic) bond motifs is 1. The topological polar surface area (TPSA) is 75.5 Å². The van der Waals surface area contributed by atoms with Crippen molar-refractivity contribution in [1.29, 1.82) is 0 Å². The van der Waals surface area contributed by atoms with Gasteiger partial charge in [0.25, 0.3) is 0 Å². The molecular weight excluding hydrogens is 349 g/mol. The lowest BCUT2D eigenvalue weighted by Crippen LogP contribution is -2.53. The quantitative estimate of drug-likeness (QED) is 0.828. The second-order valence-corrected chi connectivity index (χ2v) is 7.30. The van der Waals surface area contributed by atoms with Crippen molar-refractivity contribution in [2.45, 2.75) is 43.4 Å². The van der Waals surface area contributed by atoms with Gasteiger partial charge in [-0.1, -0.05) is 18.2 Å². The molecule has 7 heteroatoms. The fraction of sp³-hybridized carbons (Fsp3) is 0.450. The highest BCUT2D eigenvalue weighted by molar-refractivity contribution is 5.82. The van der Waals surface area contributed by atoms with Gasteiger partial charge in [-0.25, -0.2) is 14.4 Å². The summed E-state index contributed by atoms with van der Waals surface area (Å²) >= 11 is 0. The van der Waals surface area contributed by atoms with Crippen LogP contribution in [0.25, 0.3) is 11.4 Å². The molecule has 27 heavy (non-hydrogen) atoms. The minimum absolute atomic E-state index is 0.00714. The summed E-state index contributed by atoms with van der Waals surface area (Å²) in [5.74, 6) is -0.371. The molecule has 1 aromatic carbocycles. The number of carbonyl (C=O) groups is 1. The average molecular weight is 371 g/mol. The number of ether oxygens (including phenoxy) is 1.